The van der Waals surface area contributed by atoms with E-state index in [0.717, 1.165) is 25.9 Å². The Bertz CT molecular complexity index is 618. The number of hydrogen-bond donors (Lipinski definition) is 0. The number of rotatable bonds is 2. The molecule has 0 amide bonds. The summed E-state index contributed by atoms with van der Waals surface area (Å²) in [6, 6.07) is 0. The van der Waals surface area contributed by atoms with E-state index in [2.05, 4.69) is 19.9 Å². The summed E-state index contributed by atoms with van der Waals surface area (Å²) in [4.78, 5) is 16.8. The van der Waals surface area contributed by atoms with Crippen molar-refractivity contribution in [2.75, 3.05) is 47.5 Å². The number of aromatic nitrogens is 3. The Morgan fingerprint density at radius 3 is 2.05 bits per heavy atom. The molecule has 0 bridgehead atoms. The summed E-state index contributed by atoms with van der Waals surface area (Å²) in [5.41, 5.74) is 0. The molecule has 0 aliphatic carbocycles. The van der Waals surface area contributed by atoms with Gasteiger partial charge in [0.05, 0.1) is 11.5 Å². The summed E-state index contributed by atoms with van der Waals surface area (Å²) in [5.74, 6) is 1.43. The first kappa shape index (κ1) is 14.8. The lowest BCUT2D eigenvalue weighted by Crippen LogP contribution is -2.30. The minimum absolute atomic E-state index is 0.134. The monoisotopic (exact) mass is 331 g/mol. The van der Waals surface area contributed by atoms with Crippen LogP contribution in [0.4, 0.5) is 11.9 Å². The topological polar surface area (TPSA) is 79.3 Å². The minimum Gasteiger partial charge on any atom is -0.341 e. The Hall–Kier alpha value is -1.15. The van der Waals surface area contributed by atoms with E-state index in [1.807, 2.05) is 4.90 Å². The fourth-order valence-corrected chi connectivity index (χ4v) is 4.09. The lowest BCUT2D eigenvalue weighted by Gasteiger charge is -2.22. The summed E-state index contributed by atoms with van der Waals surface area (Å²) < 4.78 is 23.4. The number of anilines is 2. The molecule has 3 rings (SSSR count). The van der Waals surface area contributed by atoms with Crippen molar-refractivity contribution in [1.82, 2.24) is 15.0 Å². The van der Waals surface area contributed by atoms with Crippen LogP contribution in [-0.4, -0.2) is 61.1 Å². The molecule has 0 saturated carbocycles. The highest BCUT2D eigenvalue weighted by Gasteiger charge is 2.23. The van der Waals surface area contributed by atoms with Crippen LogP contribution in [0, 0.1) is 0 Å². The zero-order valence-corrected chi connectivity index (χ0v) is 13.3. The van der Waals surface area contributed by atoms with Crippen LogP contribution in [0.5, 0.6) is 0 Å². The van der Waals surface area contributed by atoms with Gasteiger partial charge in [-0.3, -0.25) is 0 Å². The van der Waals surface area contributed by atoms with Gasteiger partial charge in [0.2, 0.25) is 17.2 Å². The molecular formula is C12H18ClN5O2S. The van der Waals surface area contributed by atoms with Gasteiger partial charge in [-0.05, 0) is 30.9 Å². The summed E-state index contributed by atoms with van der Waals surface area (Å²) in [6.07, 6.45) is 2.84. The fraction of sp³-hybridized carbons (Fsp3) is 0.750. The van der Waals surface area contributed by atoms with E-state index in [4.69, 9.17) is 11.6 Å². The Balaban J connectivity index is 1.84. The predicted octanol–water partition coefficient (Wildman–Crippen LogP) is 0.750. The third kappa shape index (κ3) is 3.55. The standard InChI is InChI=1S/C12H18ClN5O2S/c13-10-14-11(17-4-1-2-5-17)16-12(15-10)18-6-3-8-21(19,20)9-7-18/h1-9H2. The lowest BCUT2D eigenvalue weighted by molar-refractivity contribution is 0.597. The molecule has 1 aromatic heterocycles. The first-order chi connectivity index (χ1) is 10.0. The van der Waals surface area contributed by atoms with E-state index in [1.54, 1.807) is 0 Å². The fourth-order valence-electron chi connectivity index (χ4n) is 2.67. The van der Waals surface area contributed by atoms with Crippen molar-refractivity contribution in [2.24, 2.45) is 0 Å². The average Bonchev–Trinajstić information content (AvgIpc) is 2.89. The predicted molar refractivity (Wildman–Crippen MR) is 81.8 cm³/mol. The van der Waals surface area contributed by atoms with Gasteiger partial charge in [-0.15, -0.1) is 0 Å². The summed E-state index contributed by atoms with van der Waals surface area (Å²) in [7, 11) is -2.95. The molecule has 0 radical (unpaired) electrons. The molecule has 7 nitrogen and oxygen atoms in total. The second kappa shape index (κ2) is 5.92. The molecule has 0 unspecified atom stereocenters. The average molecular weight is 332 g/mol. The van der Waals surface area contributed by atoms with Crippen LogP contribution in [-0.2, 0) is 9.84 Å². The van der Waals surface area contributed by atoms with Crippen LogP contribution in [0.25, 0.3) is 0 Å². The number of hydrogen-bond acceptors (Lipinski definition) is 7. The van der Waals surface area contributed by atoms with Crippen molar-refractivity contribution in [1.29, 1.82) is 0 Å². The van der Waals surface area contributed by atoms with Crippen molar-refractivity contribution in [2.45, 2.75) is 19.3 Å². The summed E-state index contributed by atoms with van der Waals surface area (Å²) >= 11 is 6.01. The molecule has 0 atom stereocenters. The molecule has 2 aliphatic rings. The zero-order valence-electron chi connectivity index (χ0n) is 11.7. The van der Waals surface area contributed by atoms with Crippen LogP contribution in [0.15, 0.2) is 0 Å². The molecule has 2 aliphatic heterocycles. The van der Waals surface area contributed by atoms with Crippen molar-refractivity contribution < 1.29 is 8.42 Å². The SMILES string of the molecule is O=S1(=O)CCCN(c2nc(Cl)nc(N3CCCC3)n2)CC1. The molecule has 2 saturated heterocycles. The Labute approximate surface area is 129 Å². The molecule has 116 valence electrons. The van der Waals surface area contributed by atoms with E-state index in [9.17, 15) is 8.42 Å². The maximum atomic E-state index is 11.7. The summed E-state index contributed by atoms with van der Waals surface area (Å²) in [5, 5.41) is 0.161. The molecule has 1 aromatic rings. The first-order valence-corrected chi connectivity index (χ1v) is 9.35. The Morgan fingerprint density at radius 2 is 1.38 bits per heavy atom. The van der Waals surface area contributed by atoms with Gasteiger partial charge in [-0.1, -0.05) is 0 Å². The highest BCUT2D eigenvalue weighted by Crippen LogP contribution is 2.21. The van der Waals surface area contributed by atoms with Gasteiger partial charge >= 0.3 is 0 Å². The molecule has 2 fully saturated rings. The molecule has 3 heterocycles. The van der Waals surface area contributed by atoms with E-state index >= 15 is 0 Å². The molecular weight excluding hydrogens is 314 g/mol. The van der Waals surface area contributed by atoms with E-state index < -0.39 is 9.84 Å². The number of halogens is 1. The largest absolute Gasteiger partial charge is 0.341 e. The maximum Gasteiger partial charge on any atom is 0.231 e. The van der Waals surface area contributed by atoms with Gasteiger partial charge in [-0.2, -0.15) is 15.0 Å². The number of nitrogens with zero attached hydrogens (tertiary/aromatic N) is 5. The third-order valence-corrected chi connectivity index (χ3v) is 5.70. The van der Waals surface area contributed by atoms with Crippen molar-refractivity contribution in [3.63, 3.8) is 0 Å². The molecule has 9 heteroatoms. The van der Waals surface area contributed by atoms with Crippen LogP contribution in [0.3, 0.4) is 0 Å². The maximum absolute atomic E-state index is 11.7. The number of sulfone groups is 1. The highest BCUT2D eigenvalue weighted by molar-refractivity contribution is 7.91. The van der Waals surface area contributed by atoms with Crippen LogP contribution in [0.2, 0.25) is 5.28 Å². The van der Waals surface area contributed by atoms with Gasteiger partial charge in [0.25, 0.3) is 0 Å². The van der Waals surface area contributed by atoms with Gasteiger partial charge in [0.15, 0.2) is 9.84 Å². The van der Waals surface area contributed by atoms with Gasteiger partial charge in [0, 0.05) is 26.2 Å². The van der Waals surface area contributed by atoms with Crippen molar-refractivity contribution in [3.8, 4) is 0 Å². The Kier molecular flexibility index (Phi) is 4.17. The summed E-state index contributed by atoms with van der Waals surface area (Å²) in [6.45, 7) is 2.88. The van der Waals surface area contributed by atoms with E-state index in [1.165, 1.54) is 0 Å². The lowest BCUT2D eigenvalue weighted by atomic mass is 10.4. The van der Waals surface area contributed by atoms with Crippen molar-refractivity contribution >= 4 is 33.3 Å². The van der Waals surface area contributed by atoms with Crippen LogP contribution in [0.1, 0.15) is 19.3 Å². The molecule has 21 heavy (non-hydrogen) atoms. The normalized spacial score (nSPS) is 22.3. The van der Waals surface area contributed by atoms with Crippen LogP contribution >= 0.6 is 11.6 Å². The molecule has 0 aromatic carbocycles. The second-order valence-electron chi connectivity index (χ2n) is 5.39. The van der Waals surface area contributed by atoms with Gasteiger partial charge < -0.3 is 9.80 Å². The highest BCUT2D eigenvalue weighted by atomic mass is 35.5. The first-order valence-electron chi connectivity index (χ1n) is 7.15. The molecule has 0 spiro atoms. The smallest absolute Gasteiger partial charge is 0.231 e. The van der Waals surface area contributed by atoms with E-state index in [-0.39, 0.29) is 16.8 Å². The minimum atomic E-state index is -2.95. The zero-order chi connectivity index (χ0) is 14.9. The van der Waals surface area contributed by atoms with Gasteiger partial charge in [0.1, 0.15) is 0 Å². The Morgan fingerprint density at radius 1 is 0.810 bits per heavy atom. The van der Waals surface area contributed by atoms with Crippen molar-refractivity contribution in [3.05, 3.63) is 5.28 Å². The quantitative estimate of drug-likeness (QED) is 0.791. The van der Waals surface area contributed by atoms with E-state index in [0.29, 0.717) is 31.4 Å². The second-order valence-corrected chi connectivity index (χ2v) is 8.03. The van der Waals surface area contributed by atoms with Crippen LogP contribution < -0.4 is 9.80 Å². The van der Waals surface area contributed by atoms with Gasteiger partial charge in [-0.25, -0.2) is 8.42 Å². The molecule has 0 N–H and O–H groups in total. The third-order valence-electron chi connectivity index (χ3n) is 3.81.